The van der Waals surface area contributed by atoms with Gasteiger partial charge in [0.2, 0.25) is 0 Å². The minimum Gasteiger partial charge on any atom is -0.443 e. The largest absolute Gasteiger partial charge is 0.443 e. The van der Waals surface area contributed by atoms with Crippen molar-refractivity contribution in [3.8, 4) is 11.1 Å². The molecule has 0 spiro atoms. The number of aromatic nitrogens is 5. The molecule has 1 unspecified atom stereocenters. The number of hydrogen-bond donors (Lipinski definition) is 0. The molecule has 32 heavy (non-hydrogen) atoms. The molecule has 0 aliphatic heterocycles. The highest BCUT2D eigenvalue weighted by atomic mass is 16.5. The smallest absolute Gasteiger partial charge is 0.312 e. The predicted octanol–water partition coefficient (Wildman–Crippen LogP) is 4.02. The second kappa shape index (κ2) is 8.74. The summed E-state index contributed by atoms with van der Waals surface area (Å²) in [7, 11) is 0. The van der Waals surface area contributed by atoms with Crippen LogP contribution in [0.15, 0.2) is 61.2 Å². The standard InChI is InChI=1S/C24H25N5O3/c1-24(2,3)23(31)32-16-28-11-9-19-20(14-25-27-22(19)28)18-13-26-29(15-18)21(10-12-30)17-7-5-4-6-8-17/h4-9,11-15,21H,10,16H2,1-3H3. The number of aldehydes is 1. The summed E-state index contributed by atoms with van der Waals surface area (Å²) in [5, 5.41) is 13.8. The molecule has 1 atom stereocenters. The van der Waals surface area contributed by atoms with Crippen molar-refractivity contribution < 1.29 is 14.3 Å². The topological polar surface area (TPSA) is 91.9 Å². The summed E-state index contributed by atoms with van der Waals surface area (Å²) < 4.78 is 8.97. The molecule has 0 saturated heterocycles. The number of hydrogen-bond acceptors (Lipinski definition) is 6. The van der Waals surface area contributed by atoms with Crippen LogP contribution in [0.5, 0.6) is 0 Å². The second-order valence-electron chi connectivity index (χ2n) is 8.63. The molecular formula is C24H25N5O3. The first-order valence-corrected chi connectivity index (χ1v) is 10.4. The zero-order chi connectivity index (χ0) is 22.7. The molecule has 3 heterocycles. The summed E-state index contributed by atoms with van der Waals surface area (Å²) in [4.78, 5) is 23.4. The Hall–Kier alpha value is -3.81. The minimum atomic E-state index is -0.578. The van der Waals surface area contributed by atoms with Crippen LogP contribution in [-0.2, 0) is 21.1 Å². The van der Waals surface area contributed by atoms with E-state index in [1.54, 1.807) is 21.6 Å². The SMILES string of the molecule is CC(C)(C)C(=O)OCn1ccc2c(-c3cnn(C(CC=O)c4ccccc4)c3)cnnc21. The number of esters is 1. The molecule has 8 nitrogen and oxygen atoms in total. The Kier molecular flexibility index (Phi) is 5.85. The number of nitrogens with zero attached hydrogens (tertiary/aromatic N) is 5. The van der Waals surface area contributed by atoms with E-state index in [1.165, 1.54) is 0 Å². The molecule has 4 rings (SSSR count). The first kappa shape index (κ1) is 21.4. The molecule has 0 radical (unpaired) electrons. The summed E-state index contributed by atoms with van der Waals surface area (Å²) in [6, 6.07) is 11.5. The van der Waals surface area contributed by atoms with Crippen LogP contribution in [0.4, 0.5) is 0 Å². The Morgan fingerprint density at radius 1 is 1.16 bits per heavy atom. The fourth-order valence-corrected chi connectivity index (χ4v) is 3.49. The van der Waals surface area contributed by atoms with Gasteiger partial charge >= 0.3 is 5.97 Å². The monoisotopic (exact) mass is 431 g/mol. The number of ether oxygens (including phenoxy) is 1. The molecule has 0 fully saturated rings. The molecular weight excluding hydrogens is 406 g/mol. The van der Waals surface area contributed by atoms with E-state index in [1.807, 2.05) is 69.6 Å². The van der Waals surface area contributed by atoms with Gasteiger partial charge in [0, 0.05) is 35.3 Å². The van der Waals surface area contributed by atoms with Gasteiger partial charge in [-0.05, 0) is 32.4 Å². The third-order valence-corrected chi connectivity index (χ3v) is 5.25. The van der Waals surface area contributed by atoms with Gasteiger partial charge < -0.3 is 9.53 Å². The van der Waals surface area contributed by atoms with E-state index in [4.69, 9.17) is 4.74 Å². The zero-order valence-electron chi connectivity index (χ0n) is 18.3. The lowest BCUT2D eigenvalue weighted by molar-refractivity contribution is -0.156. The average Bonchev–Trinajstić information content (AvgIpc) is 3.43. The van der Waals surface area contributed by atoms with E-state index in [9.17, 15) is 9.59 Å². The number of fused-ring (bicyclic) bond motifs is 1. The number of carbonyl (C=O) groups excluding carboxylic acids is 2. The van der Waals surface area contributed by atoms with Crippen molar-refractivity contribution in [3.63, 3.8) is 0 Å². The quantitative estimate of drug-likeness (QED) is 0.324. The average molecular weight is 431 g/mol. The van der Waals surface area contributed by atoms with E-state index in [2.05, 4.69) is 15.3 Å². The molecule has 0 aliphatic carbocycles. The van der Waals surface area contributed by atoms with Gasteiger partial charge in [0.05, 0.1) is 23.9 Å². The highest BCUT2D eigenvalue weighted by molar-refractivity contribution is 5.92. The van der Waals surface area contributed by atoms with Crippen LogP contribution < -0.4 is 0 Å². The molecule has 0 saturated carbocycles. The fraction of sp³-hybridized carbons (Fsp3) is 0.292. The molecule has 0 bridgehead atoms. The number of benzene rings is 1. The summed E-state index contributed by atoms with van der Waals surface area (Å²) in [5.74, 6) is -0.285. The molecule has 4 aromatic rings. The Morgan fingerprint density at radius 3 is 2.66 bits per heavy atom. The molecule has 1 aromatic carbocycles. The lowest BCUT2D eigenvalue weighted by Crippen LogP contribution is -2.23. The number of carbonyl (C=O) groups is 2. The van der Waals surface area contributed by atoms with Crippen molar-refractivity contribution in [3.05, 3.63) is 66.7 Å². The van der Waals surface area contributed by atoms with Gasteiger partial charge in [0.15, 0.2) is 12.4 Å². The molecule has 0 amide bonds. The summed E-state index contributed by atoms with van der Waals surface area (Å²) in [6.07, 6.45) is 8.41. The van der Waals surface area contributed by atoms with Gasteiger partial charge in [0.1, 0.15) is 6.29 Å². The van der Waals surface area contributed by atoms with E-state index in [-0.39, 0.29) is 18.7 Å². The number of rotatable bonds is 7. The van der Waals surface area contributed by atoms with E-state index >= 15 is 0 Å². The molecule has 164 valence electrons. The van der Waals surface area contributed by atoms with Crippen LogP contribution in [0.1, 0.15) is 38.8 Å². The van der Waals surface area contributed by atoms with Crippen LogP contribution in [0.3, 0.4) is 0 Å². The van der Waals surface area contributed by atoms with Gasteiger partial charge in [-0.1, -0.05) is 30.3 Å². The lowest BCUT2D eigenvalue weighted by Gasteiger charge is -2.16. The zero-order valence-corrected chi connectivity index (χ0v) is 18.3. The summed E-state index contributed by atoms with van der Waals surface area (Å²) in [6.45, 7) is 5.50. The second-order valence-corrected chi connectivity index (χ2v) is 8.63. The van der Waals surface area contributed by atoms with E-state index < -0.39 is 5.41 Å². The van der Waals surface area contributed by atoms with E-state index in [0.29, 0.717) is 12.1 Å². The van der Waals surface area contributed by atoms with Crippen LogP contribution in [-0.4, -0.2) is 36.8 Å². The lowest BCUT2D eigenvalue weighted by atomic mass is 9.98. The highest BCUT2D eigenvalue weighted by Gasteiger charge is 2.23. The Morgan fingerprint density at radius 2 is 1.94 bits per heavy atom. The van der Waals surface area contributed by atoms with Crippen molar-refractivity contribution >= 4 is 23.3 Å². The Labute approximate surface area is 185 Å². The molecule has 3 aromatic heterocycles. The molecule has 8 heteroatoms. The Bertz CT molecular complexity index is 1240. The third kappa shape index (κ3) is 4.30. The first-order chi connectivity index (χ1) is 15.4. The van der Waals surface area contributed by atoms with Crippen LogP contribution in [0.2, 0.25) is 0 Å². The van der Waals surface area contributed by atoms with Crippen LogP contribution in [0, 0.1) is 5.41 Å². The highest BCUT2D eigenvalue weighted by Crippen LogP contribution is 2.29. The fourth-order valence-electron chi connectivity index (χ4n) is 3.49. The van der Waals surface area contributed by atoms with Gasteiger partial charge in [-0.3, -0.25) is 14.0 Å². The van der Waals surface area contributed by atoms with Gasteiger partial charge in [-0.25, -0.2) is 0 Å². The van der Waals surface area contributed by atoms with Gasteiger partial charge in [-0.15, -0.1) is 5.10 Å². The minimum absolute atomic E-state index is 0.0619. The maximum atomic E-state index is 12.1. The Balaban J connectivity index is 1.64. The van der Waals surface area contributed by atoms with Gasteiger partial charge in [-0.2, -0.15) is 10.2 Å². The predicted molar refractivity (Wildman–Crippen MR) is 120 cm³/mol. The maximum absolute atomic E-state index is 12.1. The van der Waals surface area contributed by atoms with Crippen molar-refractivity contribution in [1.29, 1.82) is 0 Å². The summed E-state index contributed by atoms with van der Waals surface area (Å²) >= 11 is 0. The van der Waals surface area contributed by atoms with Crippen LogP contribution >= 0.6 is 0 Å². The first-order valence-electron chi connectivity index (χ1n) is 10.4. The summed E-state index contributed by atoms with van der Waals surface area (Å²) in [5.41, 5.74) is 2.77. The van der Waals surface area contributed by atoms with Crippen molar-refractivity contribution in [1.82, 2.24) is 24.5 Å². The molecule has 0 N–H and O–H groups in total. The van der Waals surface area contributed by atoms with Crippen molar-refractivity contribution in [2.24, 2.45) is 5.41 Å². The maximum Gasteiger partial charge on any atom is 0.312 e. The van der Waals surface area contributed by atoms with Gasteiger partial charge in [0.25, 0.3) is 0 Å². The van der Waals surface area contributed by atoms with E-state index in [0.717, 1.165) is 28.4 Å². The normalized spacial score (nSPS) is 12.6. The van der Waals surface area contributed by atoms with Crippen molar-refractivity contribution in [2.75, 3.05) is 0 Å². The van der Waals surface area contributed by atoms with Crippen molar-refractivity contribution in [2.45, 2.75) is 40.0 Å². The molecule has 0 aliphatic rings. The van der Waals surface area contributed by atoms with Crippen LogP contribution in [0.25, 0.3) is 22.2 Å². The third-order valence-electron chi connectivity index (χ3n) is 5.25.